The number of aromatic nitrogens is 1. The number of rotatable bonds is 3. The summed E-state index contributed by atoms with van der Waals surface area (Å²) in [6.07, 6.45) is 1.94. The third-order valence-electron chi connectivity index (χ3n) is 5.55. The van der Waals surface area contributed by atoms with E-state index in [-0.39, 0.29) is 42.9 Å². The van der Waals surface area contributed by atoms with Crippen molar-refractivity contribution in [3.63, 3.8) is 0 Å². The minimum absolute atomic E-state index is 0.00788. The second kappa shape index (κ2) is 6.19. The maximum Gasteiger partial charge on any atom is 0.305 e. The predicted molar refractivity (Wildman–Crippen MR) is 91.8 cm³/mol. The minimum Gasteiger partial charge on any atom is -0.469 e. The first-order valence-electron chi connectivity index (χ1n) is 8.70. The Hall–Kier alpha value is -2.34. The van der Waals surface area contributed by atoms with Crippen molar-refractivity contribution in [3.8, 4) is 0 Å². The molecule has 2 N–H and O–H groups in total. The van der Waals surface area contributed by atoms with Crippen LogP contribution in [0, 0.1) is 5.92 Å². The van der Waals surface area contributed by atoms with E-state index in [4.69, 9.17) is 4.74 Å². The Kier molecular flexibility index (Phi) is 4.00. The molecule has 0 unspecified atom stereocenters. The molecule has 2 aliphatic rings. The van der Waals surface area contributed by atoms with Crippen LogP contribution in [0.25, 0.3) is 10.9 Å². The third-order valence-corrected chi connectivity index (χ3v) is 5.55. The number of aliphatic hydroxyl groups excluding tert-OH is 1. The summed E-state index contributed by atoms with van der Waals surface area (Å²) in [4.78, 5) is 29.7. The van der Waals surface area contributed by atoms with Crippen LogP contribution in [0.3, 0.4) is 0 Å². The van der Waals surface area contributed by atoms with Crippen LogP contribution in [0.4, 0.5) is 0 Å². The summed E-state index contributed by atoms with van der Waals surface area (Å²) in [6.45, 7) is -0.0527. The molecule has 2 aromatic rings. The number of hydrogen-bond acceptors (Lipinski definition) is 4. The van der Waals surface area contributed by atoms with Crippen LogP contribution in [0.15, 0.2) is 24.3 Å². The fourth-order valence-corrected chi connectivity index (χ4v) is 4.44. The number of nitrogens with zero attached hydrogens (tertiary/aromatic N) is 1. The Balaban J connectivity index is 1.75. The van der Waals surface area contributed by atoms with Crippen LogP contribution < -0.4 is 0 Å². The van der Waals surface area contributed by atoms with E-state index in [1.807, 2.05) is 23.1 Å². The molecule has 1 fully saturated rings. The fraction of sp³-hybridized carbons (Fsp3) is 0.474. The monoisotopic (exact) mass is 342 g/mol. The van der Waals surface area contributed by atoms with Crippen LogP contribution in [0.1, 0.15) is 36.6 Å². The van der Waals surface area contributed by atoms with Crippen LogP contribution in [0.5, 0.6) is 0 Å². The molecular weight excluding hydrogens is 320 g/mol. The molecule has 132 valence electrons. The van der Waals surface area contributed by atoms with E-state index < -0.39 is 0 Å². The first-order chi connectivity index (χ1) is 12.1. The number of benzene rings is 1. The quantitative estimate of drug-likeness (QED) is 0.835. The Morgan fingerprint density at radius 1 is 1.36 bits per heavy atom. The van der Waals surface area contributed by atoms with Crippen LogP contribution >= 0.6 is 0 Å². The van der Waals surface area contributed by atoms with Gasteiger partial charge >= 0.3 is 5.97 Å². The lowest BCUT2D eigenvalue weighted by atomic mass is 9.80. The Bertz CT molecular complexity index is 828. The van der Waals surface area contributed by atoms with Crippen molar-refractivity contribution in [1.82, 2.24) is 9.88 Å². The second-order valence-electron chi connectivity index (χ2n) is 7.01. The molecule has 0 bridgehead atoms. The van der Waals surface area contributed by atoms with Crippen LogP contribution in [0.2, 0.25) is 0 Å². The molecule has 3 atom stereocenters. The Morgan fingerprint density at radius 3 is 2.92 bits per heavy atom. The molecular formula is C19H22N2O4. The smallest absolute Gasteiger partial charge is 0.305 e. The number of fused-ring (bicyclic) bond motifs is 5. The molecule has 0 aliphatic carbocycles. The summed E-state index contributed by atoms with van der Waals surface area (Å²) in [7, 11) is 1.37. The topological polar surface area (TPSA) is 82.6 Å². The van der Waals surface area contributed by atoms with Crippen molar-refractivity contribution in [3.05, 3.63) is 35.5 Å². The normalized spacial score (nSPS) is 25.6. The molecule has 2 aliphatic heterocycles. The zero-order chi connectivity index (χ0) is 17.6. The van der Waals surface area contributed by atoms with Gasteiger partial charge in [0.05, 0.1) is 25.8 Å². The predicted octanol–water partition coefficient (Wildman–Crippen LogP) is 1.93. The van der Waals surface area contributed by atoms with Gasteiger partial charge in [0.1, 0.15) is 0 Å². The van der Waals surface area contributed by atoms with Crippen LogP contribution in [-0.4, -0.2) is 46.6 Å². The molecule has 1 aromatic carbocycles. The van der Waals surface area contributed by atoms with E-state index in [1.54, 1.807) is 0 Å². The molecule has 1 saturated heterocycles. The van der Waals surface area contributed by atoms with Gasteiger partial charge in [0, 0.05) is 29.4 Å². The Labute approximate surface area is 145 Å². The van der Waals surface area contributed by atoms with Gasteiger partial charge in [-0.25, -0.2) is 0 Å². The van der Waals surface area contributed by atoms with Gasteiger partial charge in [-0.3, -0.25) is 9.59 Å². The highest BCUT2D eigenvalue weighted by molar-refractivity contribution is 5.87. The van der Waals surface area contributed by atoms with Gasteiger partial charge in [0.25, 0.3) is 0 Å². The number of H-pyrrole nitrogens is 1. The average Bonchev–Trinajstić information content (AvgIpc) is 2.99. The number of methoxy groups -OCH3 is 1. The highest BCUT2D eigenvalue weighted by Crippen LogP contribution is 2.44. The third kappa shape index (κ3) is 2.61. The lowest BCUT2D eigenvalue weighted by Gasteiger charge is -2.46. The zero-order valence-electron chi connectivity index (χ0n) is 14.2. The molecule has 1 aromatic heterocycles. The first-order valence-corrected chi connectivity index (χ1v) is 8.70. The van der Waals surface area contributed by atoms with Gasteiger partial charge in [-0.2, -0.15) is 0 Å². The van der Waals surface area contributed by atoms with E-state index in [0.717, 1.165) is 16.6 Å². The van der Waals surface area contributed by atoms with Gasteiger partial charge in [-0.15, -0.1) is 0 Å². The number of aromatic amines is 1. The number of carbonyl (C=O) groups excluding carboxylic acids is 2. The number of carbonyl (C=O) groups is 2. The highest BCUT2D eigenvalue weighted by Gasteiger charge is 2.44. The van der Waals surface area contributed by atoms with Gasteiger partial charge in [0.2, 0.25) is 5.91 Å². The SMILES string of the molecule is COC(=O)C[C@H]1CC(=O)N2[C@H](CO)Cc3c([nH]c4ccccc34)[C@H]2C1. The summed E-state index contributed by atoms with van der Waals surface area (Å²) < 4.78 is 4.77. The van der Waals surface area contributed by atoms with E-state index in [2.05, 4.69) is 11.1 Å². The van der Waals surface area contributed by atoms with Crippen LogP contribution in [-0.2, 0) is 20.7 Å². The standard InChI is InChI=1S/C19H22N2O4/c1-25-18(24)8-11-6-16-19-14(13-4-2-3-5-15(13)20-19)9-12(10-22)21(16)17(23)7-11/h2-5,11-12,16,20,22H,6-10H2,1H3/t11-,12+,16-/m1/s1. The number of ether oxygens (including phenoxy) is 1. The molecule has 6 nitrogen and oxygen atoms in total. The lowest BCUT2D eigenvalue weighted by molar-refractivity contribution is -0.148. The summed E-state index contributed by atoms with van der Waals surface area (Å²) in [5, 5.41) is 11.0. The number of aliphatic hydroxyl groups is 1. The van der Waals surface area contributed by atoms with E-state index in [0.29, 0.717) is 19.3 Å². The van der Waals surface area contributed by atoms with Crippen molar-refractivity contribution < 1.29 is 19.4 Å². The molecule has 0 saturated carbocycles. The molecule has 25 heavy (non-hydrogen) atoms. The maximum absolute atomic E-state index is 12.8. The Morgan fingerprint density at radius 2 is 2.16 bits per heavy atom. The van der Waals surface area contributed by atoms with E-state index in [1.165, 1.54) is 12.7 Å². The van der Waals surface area contributed by atoms with Gasteiger partial charge < -0.3 is 19.7 Å². The molecule has 1 amide bonds. The first kappa shape index (κ1) is 16.1. The molecule has 0 radical (unpaired) electrons. The van der Waals surface area contributed by atoms with Crippen molar-refractivity contribution >= 4 is 22.8 Å². The van der Waals surface area contributed by atoms with Crippen molar-refractivity contribution in [2.45, 2.75) is 37.8 Å². The molecule has 4 rings (SSSR count). The summed E-state index contributed by atoms with van der Waals surface area (Å²) >= 11 is 0. The average molecular weight is 342 g/mol. The maximum atomic E-state index is 12.8. The lowest BCUT2D eigenvalue weighted by Crippen LogP contribution is -2.52. The highest BCUT2D eigenvalue weighted by atomic mass is 16.5. The summed E-state index contributed by atoms with van der Waals surface area (Å²) in [6, 6.07) is 7.77. The number of nitrogens with one attached hydrogen (secondary N) is 1. The zero-order valence-corrected chi connectivity index (χ0v) is 14.2. The van der Waals surface area contributed by atoms with Gasteiger partial charge in [0.15, 0.2) is 0 Å². The number of amides is 1. The molecule has 0 spiro atoms. The summed E-state index contributed by atoms with van der Waals surface area (Å²) in [5.41, 5.74) is 3.28. The van der Waals surface area contributed by atoms with Crippen molar-refractivity contribution in [1.29, 1.82) is 0 Å². The van der Waals surface area contributed by atoms with Crippen molar-refractivity contribution in [2.75, 3.05) is 13.7 Å². The number of para-hydroxylation sites is 1. The largest absolute Gasteiger partial charge is 0.469 e. The van der Waals surface area contributed by atoms with E-state index in [9.17, 15) is 14.7 Å². The van der Waals surface area contributed by atoms with Gasteiger partial charge in [-0.1, -0.05) is 18.2 Å². The second-order valence-corrected chi connectivity index (χ2v) is 7.01. The molecule has 6 heteroatoms. The minimum atomic E-state index is -0.280. The summed E-state index contributed by atoms with van der Waals surface area (Å²) in [5.74, 6) is -0.302. The number of piperidine rings is 1. The van der Waals surface area contributed by atoms with Crippen molar-refractivity contribution in [2.24, 2.45) is 5.92 Å². The molecule has 3 heterocycles. The number of esters is 1. The van der Waals surface area contributed by atoms with Gasteiger partial charge in [-0.05, 0) is 30.4 Å². The number of hydrogen-bond donors (Lipinski definition) is 2. The van der Waals surface area contributed by atoms with E-state index >= 15 is 0 Å². The fourth-order valence-electron chi connectivity index (χ4n) is 4.44.